The summed E-state index contributed by atoms with van der Waals surface area (Å²) < 4.78 is 11.1. The van der Waals surface area contributed by atoms with Gasteiger partial charge >= 0.3 is 0 Å². The lowest BCUT2D eigenvalue weighted by molar-refractivity contribution is 0.309. The van der Waals surface area contributed by atoms with Gasteiger partial charge in [0.2, 0.25) is 0 Å². The lowest BCUT2D eigenvalue weighted by Crippen LogP contribution is -2.41. The number of ether oxygens (including phenoxy) is 2. The van der Waals surface area contributed by atoms with E-state index in [9.17, 15) is 5.11 Å². The van der Waals surface area contributed by atoms with Crippen LogP contribution >= 0.6 is 0 Å². The van der Waals surface area contributed by atoms with Crippen molar-refractivity contribution in [3.8, 4) is 17.2 Å². The smallest absolute Gasteiger partial charge is 0.162 e. The third-order valence-electron chi connectivity index (χ3n) is 4.90. The molecule has 2 aromatic carbocycles. The van der Waals surface area contributed by atoms with E-state index in [0.717, 1.165) is 22.6 Å². The van der Waals surface area contributed by atoms with Crippen molar-refractivity contribution in [2.45, 2.75) is 46.3 Å². The molecule has 0 fully saturated rings. The molecule has 1 aliphatic heterocycles. The van der Waals surface area contributed by atoms with Crippen LogP contribution in [-0.2, 0) is 0 Å². The number of benzene rings is 2. The van der Waals surface area contributed by atoms with Gasteiger partial charge in [-0.15, -0.1) is 0 Å². The first-order chi connectivity index (χ1) is 13.5. The Labute approximate surface area is 167 Å². The summed E-state index contributed by atoms with van der Waals surface area (Å²) in [5.74, 6) is 1.92. The third-order valence-corrected chi connectivity index (χ3v) is 4.90. The quantitative estimate of drug-likeness (QED) is 0.729. The molecule has 0 saturated heterocycles. The average molecular weight is 383 g/mol. The van der Waals surface area contributed by atoms with Crippen LogP contribution in [0.3, 0.4) is 0 Å². The molecule has 2 N–H and O–H groups in total. The third kappa shape index (κ3) is 4.47. The number of aliphatic imine (C=N–C) groups is 1. The van der Waals surface area contributed by atoms with Gasteiger partial charge in [-0.2, -0.15) is 0 Å². The molecule has 0 bridgehead atoms. The van der Waals surface area contributed by atoms with E-state index in [2.05, 4.69) is 31.3 Å². The van der Waals surface area contributed by atoms with E-state index in [1.807, 2.05) is 38.1 Å². The minimum atomic E-state index is -0.0353. The molecule has 3 rings (SSSR count). The maximum absolute atomic E-state index is 10.7. The molecule has 0 spiro atoms. The Morgan fingerprint density at radius 1 is 1.07 bits per heavy atom. The van der Waals surface area contributed by atoms with Crippen molar-refractivity contribution in [3.63, 3.8) is 0 Å². The zero-order chi connectivity index (χ0) is 20.1. The topological polar surface area (TPSA) is 63.1 Å². The van der Waals surface area contributed by atoms with Gasteiger partial charge in [0.15, 0.2) is 11.5 Å². The van der Waals surface area contributed by atoms with Gasteiger partial charge in [-0.05, 0) is 55.7 Å². The highest BCUT2D eigenvalue weighted by atomic mass is 16.5. The lowest BCUT2D eigenvalue weighted by Gasteiger charge is -2.32. The summed E-state index contributed by atoms with van der Waals surface area (Å²) in [6.45, 7) is 9.35. The summed E-state index contributed by atoms with van der Waals surface area (Å²) in [6.07, 6.45) is 0.677. The van der Waals surface area contributed by atoms with Gasteiger partial charge in [0.25, 0.3) is 0 Å². The molecule has 0 aliphatic carbocycles. The van der Waals surface area contributed by atoms with Gasteiger partial charge in [-0.25, -0.2) is 0 Å². The van der Waals surface area contributed by atoms with Gasteiger partial charge < -0.3 is 14.6 Å². The molecule has 1 aliphatic rings. The summed E-state index contributed by atoms with van der Waals surface area (Å²) in [7, 11) is 0. The van der Waals surface area contributed by atoms with Crippen molar-refractivity contribution < 1.29 is 14.6 Å². The van der Waals surface area contributed by atoms with Crippen molar-refractivity contribution >= 4 is 5.71 Å². The van der Waals surface area contributed by atoms with Gasteiger partial charge in [-0.3, -0.25) is 10.3 Å². The van der Waals surface area contributed by atoms with Crippen LogP contribution in [0.4, 0.5) is 0 Å². The van der Waals surface area contributed by atoms with Crippen LogP contribution in [0.1, 0.15) is 51.3 Å². The molecule has 0 amide bonds. The van der Waals surface area contributed by atoms with Crippen LogP contribution in [0, 0.1) is 5.92 Å². The van der Waals surface area contributed by atoms with Crippen LogP contribution in [0.25, 0.3) is 0 Å². The SMILES string of the molecule is CCOc1ccc(C2=N[C@H](C(C)C)N[C@H](c3cccc(OCC)c3O)C2)cc1. The highest BCUT2D eigenvalue weighted by Crippen LogP contribution is 2.37. The van der Waals surface area contributed by atoms with E-state index in [-0.39, 0.29) is 18.0 Å². The number of hydrogen-bond acceptors (Lipinski definition) is 5. The number of rotatable bonds is 7. The van der Waals surface area contributed by atoms with E-state index in [1.165, 1.54) is 0 Å². The van der Waals surface area contributed by atoms with E-state index in [4.69, 9.17) is 14.5 Å². The first-order valence-corrected chi connectivity index (χ1v) is 10.0. The van der Waals surface area contributed by atoms with Gasteiger partial charge in [0.05, 0.1) is 13.2 Å². The average Bonchev–Trinajstić information content (AvgIpc) is 2.70. The zero-order valence-corrected chi connectivity index (χ0v) is 17.1. The molecule has 0 aromatic heterocycles. The fourth-order valence-corrected chi connectivity index (χ4v) is 3.45. The Morgan fingerprint density at radius 3 is 2.43 bits per heavy atom. The molecule has 5 heteroatoms. The van der Waals surface area contributed by atoms with Crippen LogP contribution in [0.5, 0.6) is 17.2 Å². The molecule has 0 radical (unpaired) electrons. The summed E-state index contributed by atoms with van der Waals surface area (Å²) in [4.78, 5) is 4.94. The molecule has 150 valence electrons. The van der Waals surface area contributed by atoms with Gasteiger partial charge in [0.1, 0.15) is 11.9 Å². The second-order valence-corrected chi connectivity index (χ2v) is 7.27. The first kappa shape index (κ1) is 20.2. The normalized spacial score (nSPS) is 19.4. The molecule has 5 nitrogen and oxygen atoms in total. The number of para-hydroxylation sites is 1. The lowest BCUT2D eigenvalue weighted by atomic mass is 9.92. The Morgan fingerprint density at radius 2 is 1.79 bits per heavy atom. The second kappa shape index (κ2) is 9.11. The monoisotopic (exact) mass is 382 g/mol. The van der Waals surface area contributed by atoms with Crippen LogP contribution in [-0.4, -0.2) is 30.2 Å². The van der Waals surface area contributed by atoms with E-state index in [0.29, 0.717) is 31.3 Å². The van der Waals surface area contributed by atoms with Gasteiger partial charge in [-0.1, -0.05) is 26.0 Å². The Kier molecular flexibility index (Phi) is 6.57. The van der Waals surface area contributed by atoms with E-state index in [1.54, 1.807) is 6.07 Å². The van der Waals surface area contributed by atoms with Crippen molar-refractivity contribution in [1.82, 2.24) is 5.32 Å². The van der Waals surface area contributed by atoms with E-state index < -0.39 is 0 Å². The molecule has 28 heavy (non-hydrogen) atoms. The number of nitrogens with one attached hydrogen (secondary N) is 1. The largest absolute Gasteiger partial charge is 0.504 e. The number of phenolic OH excluding ortho intramolecular Hbond substituents is 1. The minimum Gasteiger partial charge on any atom is -0.504 e. The molecular weight excluding hydrogens is 352 g/mol. The summed E-state index contributed by atoms with van der Waals surface area (Å²) >= 11 is 0. The highest BCUT2D eigenvalue weighted by molar-refractivity contribution is 6.01. The predicted molar refractivity (Wildman–Crippen MR) is 113 cm³/mol. The fourth-order valence-electron chi connectivity index (χ4n) is 3.45. The van der Waals surface area contributed by atoms with Crippen molar-refractivity contribution in [2.75, 3.05) is 13.2 Å². The van der Waals surface area contributed by atoms with Crippen LogP contribution in [0.15, 0.2) is 47.5 Å². The van der Waals surface area contributed by atoms with Crippen LogP contribution in [0.2, 0.25) is 0 Å². The molecule has 1 heterocycles. The molecule has 0 saturated carbocycles. The fraction of sp³-hybridized carbons (Fsp3) is 0.435. The van der Waals surface area contributed by atoms with Crippen molar-refractivity contribution in [3.05, 3.63) is 53.6 Å². The summed E-state index contributed by atoms with van der Waals surface area (Å²) in [5, 5.41) is 14.3. The highest BCUT2D eigenvalue weighted by Gasteiger charge is 2.29. The number of hydrogen-bond donors (Lipinski definition) is 2. The Balaban J connectivity index is 1.91. The zero-order valence-electron chi connectivity index (χ0n) is 17.1. The second-order valence-electron chi connectivity index (χ2n) is 7.27. The molecule has 2 atom stereocenters. The summed E-state index contributed by atoms with van der Waals surface area (Å²) in [5.41, 5.74) is 2.96. The Hall–Kier alpha value is -2.53. The van der Waals surface area contributed by atoms with Crippen molar-refractivity contribution in [2.24, 2.45) is 10.9 Å². The standard InChI is InChI=1S/C23H30N2O3/c1-5-27-17-12-10-16(11-13-17)19-14-20(25-23(24-19)15(3)4)18-8-7-9-21(22(18)26)28-6-2/h7-13,15,20,23,25-26H,5-6,14H2,1-4H3/t20-,23-/m0/s1. The molecule has 2 aromatic rings. The van der Waals surface area contributed by atoms with Crippen molar-refractivity contribution in [1.29, 1.82) is 0 Å². The maximum Gasteiger partial charge on any atom is 0.162 e. The van der Waals surface area contributed by atoms with Crippen LogP contribution < -0.4 is 14.8 Å². The number of phenols is 1. The first-order valence-electron chi connectivity index (χ1n) is 10.0. The molecule has 0 unspecified atom stereocenters. The van der Waals surface area contributed by atoms with E-state index >= 15 is 0 Å². The number of aromatic hydroxyl groups is 1. The predicted octanol–water partition coefficient (Wildman–Crippen LogP) is 4.70. The maximum atomic E-state index is 10.7. The summed E-state index contributed by atoms with van der Waals surface area (Å²) in [6, 6.07) is 13.7. The number of nitrogens with zero attached hydrogens (tertiary/aromatic N) is 1. The molecular formula is C23H30N2O3. The Bertz CT molecular complexity index is 815. The van der Waals surface area contributed by atoms with Gasteiger partial charge in [0, 0.05) is 23.7 Å². The minimum absolute atomic E-state index is 0.0181.